The average Bonchev–Trinajstić information content (AvgIpc) is 2.86. The maximum absolute atomic E-state index is 14.5. The smallest absolute Gasteiger partial charge is 0.247 e. The highest BCUT2D eigenvalue weighted by molar-refractivity contribution is 6.31. The van der Waals surface area contributed by atoms with Crippen molar-refractivity contribution in [3.05, 3.63) is 106 Å². The number of aldehydes is 1. The van der Waals surface area contributed by atoms with Gasteiger partial charge >= 0.3 is 0 Å². The van der Waals surface area contributed by atoms with Gasteiger partial charge in [-0.3, -0.25) is 14.4 Å². The Morgan fingerprint density at radius 3 is 2.43 bits per heavy atom. The Bertz CT molecular complexity index is 1290. The number of nitrogens with one attached hydrogen (secondary N) is 1. The van der Waals surface area contributed by atoms with Gasteiger partial charge < -0.3 is 10.2 Å². The van der Waals surface area contributed by atoms with E-state index in [-0.39, 0.29) is 35.5 Å². The van der Waals surface area contributed by atoms with E-state index in [1.807, 2.05) is 30.3 Å². The van der Waals surface area contributed by atoms with Gasteiger partial charge in [0.1, 0.15) is 18.1 Å². The summed E-state index contributed by atoms with van der Waals surface area (Å²) in [6.45, 7) is 0.0884. The molecule has 3 aromatic carbocycles. The van der Waals surface area contributed by atoms with Crippen molar-refractivity contribution in [2.75, 3.05) is 11.9 Å². The van der Waals surface area contributed by atoms with E-state index < -0.39 is 29.5 Å². The second-order valence-corrected chi connectivity index (χ2v) is 8.51. The maximum Gasteiger partial charge on any atom is 0.247 e. The molecule has 178 valence electrons. The van der Waals surface area contributed by atoms with Crippen molar-refractivity contribution in [3.8, 4) is 0 Å². The first-order chi connectivity index (χ1) is 16.9. The van der Waals surface area contributed by atoms with Crippen molar-refractivity contribution in [2.45, 2.75) is 18.9 Å². The highest BCUT2D eigenvalue weighted by Crippen LogP contribution is 2.32. The highest BCUT2D eigenvalue weighted by Gasteiger charge is 2.33. The summed E-state index contributed by atoms with van der Waals surface area (Å²) in [5, 5.41) is 2.56. The topological polar surface area (TPSA) is 66.5 Å². The lowest BCUT2D eigenvalue weighted by atomic mass is 9.95. The molecule has 1 aliphatic rings. The van der Waals surface area contributed by atoms with Gasteiger partial charge in [-0.1, -0.05) is 41.9 Å². The van der Waals surface area contributed by atoms with Crippen LogP contribution in [0.1, 0.15) is 27.9 Å². The van der Waals surface area contributed by atoms with Crippen molar-refractivity contribution in [3.63, 3.8) is 0 Å². The third-order valence-electron chi connectivity index (χ3n) is 5.83. The van der Waals surface area contributed by atoms with E-state index in [9.17, 15) is 23.2 Å². The van der Waals surface area contributed by atoms with E-state index in [2.05, 4.69) is 5.32 Å². The molecule has 0 bridgehead atoms. The van der Waals surface area contributed by atoms with Gasteiger partial charge in [-0.15, -0.1) is 0 Å². The van der Waals surface area contributed by atoms with Crippen LogP contribution in [0.2, 0.25) is 5.02 Å². The number of amides is 2. The van der Waals surface area contributed by atoms with Crippen molar-refractivity contribution in [2.24, 2.45) is 0 Å². The predicted molar refractivity (Wildman–Crippen MR) is 130 cm³/mol. The molecule has 1 aliphatic heterocycles. The number of carbonyl (C=O) groups is 3. The minimum atomic E-state index is -0.920. The Hall–Kier alpha value is -3.84. The Morgan fingerprint density at radius 2 is 1.77 bits per heavy atom. The second kappa shape index (κ2) is 10.6. The molecule has 2 amide bonds. The molecule has 3 aromatic rings. The van der Waals surface area contributed by atoms with Gasteiger partial charge in [0.2, 0.25) is 11.8 Å². The third kappa shape index (κ3) is 5.46. The number of anilines is 1. The van der Waals surface area contributed by atoms with Gasteiger partial charge in [0.05, 0.1) is 10.6 Å². The van der Waals surface area contributed by atoms with E-state index >= 15 is 0 Å². The zero-order valence-electron chi connectivity index (χ0n) is 18.5. The number of halogens is 3. The van der Waals surface area contributed by atoms with Crippen molar-refractivity contribution in [1.29, 1.82) is 0 Å². The van der Waals surface area contributed by atoms with Crippen molar-refractivity contribution < 1.29 is 23.2 Å². The zero-order valence-corrected chi connectivity index (χ0v) is 19.3. The fraction of sp³-hybridized carbons (Fsp3) is 0.148. The molecule has 1 heterocycles. The van der Waals surface area contributed by atoms with E-state index in [0.29, 0.717) is 17.5 Å². The van der Waals surface area contributed by atoms with Crippen LogP contribution in [0, 0.1) is 11.6 Å². The molecule has 1 unspecified atom stereocenters. The number of benzene rings is 3. The SMILES string of the molecule is O=Cc1ccc(NC(=O)C(Cc2ccccc2)N2CCC(c3c(F)ccc(Cl)c3F)=CC2=O)cc1. The third-order valence-corrected chi connectivity index (χ3v) is 6.12. The van der Waals surface area contributed by atoms with Crippen LogP contribution in [-0.2, 0) is 16.0 Å². The molecule has 0 saturated carbocycles. The molecule has 0 fully saturated rings. The predicted octanol–water partition coefficient (Wildman–Crippen LogP) is 5.30. The van der Waals surface area contributed by atoms with Crippen LogP contribution in [0.4, 0.5) is 14.5 Å². The van der Waals surface area contributed by atoms with Crippen LogP contribution in [0.3, 0.4) is 0 Å². The van der Waals surface area contributed by atoms with Gasteiger partial charge in [-0.2, -0.15) is 0 Å². The molecule has 0 radical (unpaired) electrons. The molecule has 1 N–H and O–H groups in total. The van der Waals surface area contributed by atoms with Gasteiger partial charge in [0.25, 0.3) is 0 Å². The second-order valence-electron chi connectivity index (χ2n) is 8.10. The molecule has 0 aliphatic carbocycles. The Labute approximate surface area is 206 Å². The van der Waals surface area contributed by atoms with Gasteiger partial charge in [0, 0.05) is 30.3 Å². The molecule has 0 spiro atoms. The first-order valence-electron chi connectivity index (χ1n) is 10.9. The Kier molecular flexibility index (Phi) is 7.36. The number of nitrogens with zero attached hydrogens (tertiary/aromatic N) is 1. The van der Waals surface area contributed by atoms with Crippen molar-refractivity contribution >= 4 is 41.0 Å². The molecular formula is C27H21ClF2N2O3. The number of rotatable bonds is 7. The van der Waals surface area contributed by atoms with Gasteiger partial charge in [0.15, 0.2) is 5.82 Å². The summed E-state index contributed by atoms with van der Waals surface area (Å²) >= 11 is 5.81. The fourth-order valence-corrected chi connectivity index (χ4v) is 4.19. The first-order valence-corrected chi connectivity index (χ1v) is 11.3. The van der Waals surface area contributed by atoms with Crippen LogP contribution < -0.4 is 5.32 Å². The zero-order chi connectivity index (χ0) is 24.9. The maximum atomic E-state index is 14.5. The standard InChI is InChI=1S/C27H21ClF2N2O3/c28-21-10-11-22(29)25(26(21)30)19-12-13-32(24(34)15-19)23(14-17-4-2-1-3-5-17)27(35)31-20-8-6-18(16-33)7-9-20/h1-11,15-16,23H,12-14H2,(H,31,35). The molecule has 0 saturated heterocycles. The highest BCUT2D eigenvalue weighted by atomic mass is 35.5. The summed E-state index contributed by atoms with van der Waals surface area (Å²) in [6, 6.07) is 16.9. The summed E-state index contributed by atoms with van der Waals surface area (Å²) in [4.78, 5) is 38.7. The Balaban J connectivity index is 1.62. The fourth-order valence-electron chi connectivity index (χ4n) is 4.04. The van der Waals surface area contributed by atoms with E-state index in [4.69, 9.17) is 11.6 Å². The van der Waals surface area contributed by atoms with E-state index in [0.717, 1.165) is 23.8 Å². The molecule has 4 rings (SSSR count). The summed E-state index contributed by atoms with van der Waals surface area (Å²) in [6.07, 6.45) is 2.25. The molecule has 5 nitrogen and oxygen atoms in total. The van der Waals surface area contributed by atoms with Crippen LogP contribution >= 0.6 is 11.6 Å². The lowest BCUT2D eigenvalue weighted by Crippen LogP contribution is -2.49. The van der Waals surface area contributed by atoms with Gasteiger partial charge in [-0.05, 0) is 54.0 Å². The van der Waals surface area contributed by atoms with Crippen LogP contribution in [0.25, 0.3) is 5.57 Å². The lowest BCUT2D eigenvalue weighted by molar-refractivity contribution is -0.135. The number of hydrogen-bond acceptors (Lipinski definition) is 3. The van der Waals surface area contributed by atoms with Crippen molar-refractivity contribution in [1.82, 2.24) is 4.90 Å². The quantitative estimate of drug-likeness (QED) is 0.358. The van der Waals surface area contributed by atoms with Crippen LogP contribution in [0.5, 0.6) is 0 Å². The molecule has 1 atom stereocenters. The van der Waals surface area contributed by atoms with Gasteiger partial charge in [-0.25, -0.2) is 8.78 Å². The minimum absolute atomic E-state index is 0.0884. The number of hydrogen-bond donors (Lipinski definition) is 1. The Morgan fingerprint density at radius 1 is 1.06 bits per heavy atom. The van der Waals surface area contributed by atoms with E-state index in [1.54, 1.807) is 24.3 Å². The summed E-state index contributed by atoms with van der Waals surface area (Å²) in [5.41, 5.74) is 1.64. The number of carbonyl (C=O) groups excluding carboxylic acids is 3. The normalized spacial score (nSPS) is 14.3. The summed E-state index contributed by atoms with van der Waals surface area (Å²) in [5.74, 6) is -2.68. The largest absolute Gasteiger partial charge is 0.326 e. The van der Waals surface area contributed by atoms with Crippen LogP contribution in [-0.4, -0.2) is 35.6 Å². The molecular weight excluding hydrogens is 474 g/mol. The average molecular weight is 495 g/mol. The molecule has 0 aromatic heterocycles. The summed E-state index contributed by atoms with van der Waals surface area (Å²) < 4.78 is 28.9. The monoisotopic (exact) mass is 494 g/mol. The minimum Gasteiger partial charge on any atom is -0.326 e. The first kappa shape index (κ1) is 24.3. The van der Waals surface area contributed by atoms with Crippen LogP contribution in [0.15, 0.2) is 72.8 Å². The summed E-state index contributed by atoms with van der Waals surface area (Å²) in [7, 11) is 0. The van der Waals surface area contributed by atoms with E-state index in [1.165, 1.54) is 4.90 Å². The molecule has 35 heavy (non-hydrogen) atoms. The molecule has 8 heteroatoms. The lowest BCUT2D eigenvalue weighted by Gasteiger charge is -2.33.